The Hall–Kier alpha value is 0.180. The van der Waals surface area contributed by atoms with Gasteiger partial charge in [0.15, 0.2) is 0 Å². The van der Waals surface area contributed by atoms with Crippen LogP contribution in [0.1, 0.15) is 20.8 Å². The lowest BCUT2D eigenvalue weighted by Gasteiger charge is -2.28. The van der Waals surface area contributed by atoms with Crippen LogP contribution in [-0.4, -0.2) is 18.5 Å². The summed E-state index contributed by atoms with van der Waals surface area (Å²) >= 11 is 3.50. The molecule has 0 aromatic heterocycles. The first kappa shape index (κ1) is 12.2. The maximum absolute atomic E-state index is 5.41. The molecule has 72 valence electrons. The zero-order chi connectivity index (χ0) is 9.61. The number of rotatable bonds is 5. The van der Waals surface area contributed by atoms with Crippen molar-refractivity contribution >= 4 is 15.9 Å². The molecule has 0 saturated heterocycles. The molecule has 0 heterocycles. The van der Waals surface area contributed by atoms with Gasteiger partial charge in [0.1, 0.15) is 0 Å². The Morgan fingerprint density at radius 1 is 1.50 bits per heavy atom. The van der Waals surface area contributed by atoms with E-state index in [1.54, 1.807) is 6.08 Å². The Morgan fingerprint density at radius 3 is 2.42 bits per heavy atom. The summed E-state index contributed by atoms with van der Waals surface area (Å²) in [6.45, 7) is 11.8. The van der Waals surface area contributed by atoms with Crippen LogP contribution in [0.3, 0.4) is 0 Å². The molecule has 0 spiro atoms. The molecule has 1 nitrogen and oxygen atoms in total. The third-order valence-corrected chi connectivity index (χ3v) is 2.75. The molecule has 0 fully saturated rings. The monoisotopic (exact) mass is 234 g/mol. The molecule has 12 heavy (non-hydrogen) atoms. The summed E-state index contributed by atoms with van der Waals surface area (Å²) in [5, 5.41) is 0.994. The molecular weight excluding hydrogens is 216 g/mol. The van der Waals surface area contributed by atoms with Crippen molar-refractivity contribution in [1.82, 2.24) is 0 Å². The first-order valence-corrected chi connectivity index (χ1v) is 5.39. The van der Waals surface area contributed by atoms with Crippen molar-refractivity contribution in [2.45, 2.75) is 20.8 Å². The minimum atomic E-state index is 0.310. The number of hydrogen-bond acceptors (Lipinski definition) is 1. The van der Waals surface area contributed by atoms with Crippen molar-refractivity contribution in [2.75, 3.05) is 18.5 Å². The van der Waals surface area contributed by atoms with E-state index < -0.39 is 0 Å². The number of ether oxygens (including phenoxy) is 1. The quantitative estimate of drug-likeness (QED) is 0.404. The molecule has 0 aromatic carbocycles. The summed E-state index contributed by atoms with van der Waals surface area (Å²) in [4.78, 5) is 0. The van der Waals surface area contributed by atoms with Crippen molar-refractivity contribution < 1.29 is 4.74 Å². The standard InChI is InChI=1S/C10H19BrO/c1-5-6-12-8-9(7-11)10(2,3)4/h5,9H,1,6-8H2,2-4H3. The van der Waals surface area contributed by atoms with Crippen LogP contribution in [0.5, 0.6) is 0 Å². The van der Waals surface area contributed by atoms with Gasteiger partial charge in [-0.2, -0.15) is 0 Å². The first-order valence-electron chi connectivity index (χ1n) is 4.27. The molecule has 1 unspecified atom stereocenters. The predicted molar refractivity (Wildman–Crippen MR) is 57.8 cm³/mol. The van der Waals surface area contributed by atoms with Crippen LogP contribution in [0.2, 0.25) is 0 Å². The molecule has 2 heteroatoms. The summed E-state index contributed by atoms with van der Waals surface area (Å²) in [6, 6.07) is 0. The summed E-state index contributed by atoms with van der Waals surface area (Å²) in [6.07, 6.45) is 1.79. The van der Waals surface area contributed by atoms with E-state index in [9.17, 15) is 0 Å². The Kier molecular flexibility index (Phi) is 5.85. The molecule has 0 aliphatic rings. The van der Waals surface area contributed by atoms with E-state index in [2.05, 4.69) is 43.3 Å². The van der Waals surface area contributed by atoms with E-state index in [-0.39, 0.29) is 0 Å². The van der Waals surface area contributed by atoms with Gasteiger partial charge in [-0.15, -0.1) is 6.58 Å². The third-order valence-electron chi connectivity index (χ3n) is 1.97. The Balaban J connectivity index is 3.75. The highest BCUT2D eigenvalue weighted by Crippen LogP contribution is 2.27. The highest BCUT2D eigenvalue weighted by atomic mass is 79.9. The van der Waals surface area contributed by atoms with Gasteiger partial charge in [0.25, 0.3) is 0 Å². The van der Waals surface area contributed by atoms with E-state index in [1.165, 1.54) is 0 Å². The summed E-state index contributed by atoms with van der Waals surface area (Å²) in [7, 11) is 0. The molecule has 0 saturated carbocycles. The van der Waals surface area contributed by atoms with Crippen LogP contribution in [0.4, 0.5) is 0 Å². The van der Waals surface area contributed by atoms with Gasteiger partial charge < -0.3 is 4.74 Å². The summed E-state index contributed by atoms with van der Waals surface area (Å²) in [5.41, 5.74) is 0.310. The van der Waals surface area contributed by atoms with Crippen molar-refractivity contribution in [3.63, 3.8) is 0 Å². The molecule has 1 atom stereocenters. The van der Waals surface area contributed by atoms with Gasteiger partial charge >= 0.3 is 0 Å². The van der Waals surface area contributed by atoms with Gasteiger partial charge in [-0.05, 0) is 11.3 Å². The van der Waals surface area contributed by atoms with Gasteiger partial charge in [-0.25, -0.2) is 0 Å². The summed E-state index contributed by atoms with van der Waals surface area (Å²) < 4.78 is 5.41. The van der Waals surface area contributed by atoms with E-state index >= 15 is 0 Å². The van der Waals surface area contributed by atoms with E-state index in [4.69, 9.17) is 4.74 Å². The second-order valence-corrected chi connectivity index (χ2v) is 4.69. The van der Waals surface area contributed by atoms with Crippen LogP contribution in [0, 0.1) is 11.3 Å². The largest absolute Gasteiger partial charge is 0.377 e. The lowest BCUT2D eigenvalue weighted by Crippen LogP contribution is -2.26. The molecule has 0 N–H and O–H groups in total. The fourth-order valence-corrected chi connectivity index (χ4v) is 1.98. The lowest BCUT2D eigenvalue weighted by molar-refractivity contribution is 0.0838. The average molecular weight is 235 g/mol. The smallest absolute Gasteiger partial charge is 0.0644 e. The van der Waals surface area contributed by atoms with E-state index in [1.807, 2.05) is 0 Å². The first-order chi connectivity index (χ1) is 5.52. The highest BCUT2D eigenvalue weighted by molar-refractivity contribution is 9.09. The lowest BCUT2D eigenvalue weighted by atomic mass is 9.83. The maximum atomic E-state index is 5.41. The van der Waals surface area contributed by atoms with Crippen molar-refractivity contribution in [2.24, 2.45) is 11.3 Å². The minimum absolute atomic E-state index is 0.310. The van der Waals surface area contributed by atoms with Crippen molar-refractivity contribution in [1.29, 1.82) is 0 Å². The molecular formula is C10H19BrO. The van der Waals surface area contributed by atoms with Gasteiger partial charge in [-0.3, -0.25) is 0 Å². The Morgan fingerprint density at radius 2 is 2.08 bits per heavy atom. The third kappa shape index (κ3) is 4.94. The van der Waals surface area contributed by atoms with Crippen LogP contribution in [0.25, 0.3) is 0 Å². The van der Waals surface area contributed by atoms with Crippen LogP contribution in [0.15, 0.2) is 12.7 Å². The van der Waals surface area contributed by atoms with Gasteiger partial charge in [-0.1, -0.05) is 42.8 Å². The normalized spacial score (nSPS) is 14.3. The van der Waals surface area contributed by atoms with E-state index in [0.29, 0.717) is 17.9 Å². The molecule has 0 aliphatic carbocycles. The summed E-state index contributed by atoms with van der Waals surface area (Å²) in [5.74, 6) is 0.567. The molecule has 0 amide bonds. The second kappa shape index (κ2) is 5.76. The van der Waals surface area contributed by atoms with Crippen molar-refractivity contribution in [3.05, 3.63) is 12.7 Å². The highest BCUT2D eigenvalue weighted by Gasteiger charge is 2.23. The zero-order valence-electron chi connectivity index (χ0n) is 8.27. The zero-order valence-corrected chi connectivity index (χ0v) is 9.86. The minimum Gasteiger partial charge on any atom is -0.377 e. The topological polar surface area (TPSA) is 9.23 Å². The van der Waals surface area contributed by atoms with Gasteiger partial charge in [0.2, 0.25) is 0 Å². The Bertz CT molecular complexity index is 126. The van der Waals surface area contributed by atoms with E-state index in [0.717, 1.165) is 11.9 Å². The van der Waals surface area contributed by atoms with Gasteiger partial charge in [0.05, 0.1) is 13.2 Å². The molecule has 0 bridgehead atoms. The molecule has 0 aromatic rings. The molecule has 0 rings (SSSR count). The SMILES string of the molecule is C=CCOCC(CBr)C(C)(C)C. The van der Waals surface area contributed by atoms with Crippen molar-refractivity contribution in [3.8, 4) is 0 Å². The average Bonchev–Trinajstić information content (AvgIpc) is 1.95. The number of halogens is 1. The molecule has 0 aliphatic heterocycles. The number of hydrogen-bond donors (Lipinski definition) is 0. The predicted octanol–water partition coefficient (Wildman–Crippen LogP) is 3.25. The fourth-order valence-electron chi connectivity index (χ4n) is 0.820. The number of alkyl halides is 1. The molecule has 0 radical (unpaired) electrons. The Labute approximate surface area is 84.3 Å². The van der Waals surface area contributed by atoms with Gasteiger partial charge in [0, 0.05) is 5.33 Å². The van der Waals surface area contributed by atoms with Crippen LogP contribution < -0.4 is 0 Å². The van der Waals surface area contributed by atoms with Crippen LogP contribution in [-0.2, 0) is 4.74 Å². The van der Waals surface area contributed by atoms with Crippen LogP contribution >= 0.6 is 15.9 Å². The second-order valence-electron chi connectivity index (χ2n) is 4.04. The fraction of sp³-hybridized carbons (Fsp3) is 0.800. The maximum Gasteiger partial charge on any atom is 0.0644 e.